The highest BCUT2D eigenvalue weighted by Gasteiger charge is 2.15. The van der Waals surface area contributed by atoms with Crippen molar-refractivity contribution in [3.63, 3.8) is 0 Å². The molecule has 0 aliphatic heterocycles. The Kier molecular flexibility index (Phi) is 6.75. The first-order chi connectivity index (χ1) is 12.0. The number of rotatable bonds is 7. The molecule has 0 aliphatic rings. The van der Waals surface area contributed by atoms with Crippen LogP contribution in [-0.2, 0) is 22.3 Å². The first-order valence-electron chi connectivity index (χ1n) is 8.59. The zero-order valence-corrected chi connectivity index (χ0v) is 15.0. The third-order valence-corrected chi connectivity index (χ3v) is 3.95. The van der Waals surface area contributed by atoms with Crippen LogP contribution < -0.4 is 0 Å². The van der Waals surface area contributed by atoms with E-state index in [1.807, 2.05) is 24.3 Å². The smallest absolute Gasteiger partial charge is 0.338 e. The van der Waals surface area contributed by atoms with E-state index >= 15 is 0 Å². The normalized spacial score (nSPS) is 11.6. The Morgan fingerprint density at radius 2 is 1.24 bits per heavy atom. The van der Waals surface area contributed by atoms with E-state index in [9.17, 15) is 9.59 Å². The van der Waals surface area contributed by atoms with Gasteiger partial charge in [0.2, 0.25) is 0 Å². The topological polar surface area (TPSA) is 52.6 Å². The largest absolute Gasteiger partial charge is 0.458 e. The summed E-state index contributed by atoms with van der Waals surface area (Å²) in [7, 11) is 0. The zero-order valence-electron chi connectivity index (χ0n) is 15.0. The van der Waals surface area contributed by atoms with Gasteiger partial charge in [0, 0.05) is 0 Å². The fraction of sp³-hybridized carbons (Fsp3) is 0.333. The number of carbonyl (C=O) groups is 2. The van der Waals surface area contributed by atoms with Gasteiger partial charge in [0.05, 0.1) is 11.1 Å². The lowest BCUT2D eigenvalue weighted by Gasteiger charge is -2.14. The number of hydrogen-bond donors (Lipinski definition) is 0. The Morgan fingerprint density at radius 1 is 0.800 bits per heavy atom. The second-order valence-corrected chi connectivity index (χ2v) is 5.92. The first kappa shape index (κ1) is 18.7. The third-order valence-electron chi connectivity index (χ3n) is 3.95. The Hall–Kier alpha value is -2.62. The lowest BCUT2D eigenvalue weighted by atomic mass is 10.1. The van der Waals surface area contributed by atoms with Crippen LogP contribution in [0.5, 0.6) is 0 Å². The first-order valence-corrected chi connectivity index (χ1v) is 8.59. The molecule has 0 spiro atoms. The molecular weight excluding hydrogens is 316 g/mol. The van der Waals surface area contributed by atoms with E-state index in [4.69, 9.17) is 9.47 Å². The summed E-state index contributed by atoms with van der Waals surface area (Å²) in [6, 6.07) is 14.6. The summed E-state index contributed by atoms with van der Waals surface area (Å²) in [5.41, 5.74) is 3.30. The summed E-state index contributed by atoms with van der Waals surface area (Å²) < 4.78 is 10.5. The van der Waals surface area contributed by atoms with E-state index in [1.165, 1.54) is 0 Å². The highest BCUT2D eigenvalue weighted by atomic mass is 16.6. The third kappa shape index (κ3) is 5.45. The maximum Gasteiger partial charge on any atom is 0.338 e. The van der Waals surface area contributed by atoms with Crippen molar-refractivity contribution in [3.05, 3.63) is 70.8 Å². The minimum absolute atomic E-state index is 0.0210. The molecule has 0 aliphatic carbocycles. The van der Waals surface area contributed by atoms with Crippen LogP contribution in [0.25, 0.3) is 0 Å². The van der Waals surface area contributed by atoms with Crippen molar-refractivity contribution in [1.82, 2.24) is 0 Å². The lowest BCUT2D eigenvalue weighted by molar-refractivity contribution is 0.00448. The molecule has 4 heteroatoms. The van der Waals surface area contributed by atoms with Gasteiger partial charge in [-0.25, -0.2) is 9.59 Å². The molecule has 0 N–H and O–H groups in total. The fourth-order valence-electron chi connectivity index (χ4n) is 2.31. The van der Waals surface area contributed by atoms with Crippen LogP contribution in [0, 0.1) is 0 Å². The maximum absolute atomic E-state index is 12.1. The molecule has 0 bridgehead atoms. The van der Waals surface area contributed by atoms with Crippen LogP contribution in [0.1, 0.15) is 52.6 Å². The molecule has 1 atom stereocenters. The minimum Gasteiger partial charge on any atom is -0.458 e. The van der Waals surface area contributed by atoms with Gasteiger partial charge in [0.15, 0.2) is 0 Å². The summed E-state index contributed by atoms with van der Waals surface area (Å²) >= 11 is 0. The zero-order chi connectivity index (χ0) is 18.2. The van der Waals surface area contributed by atoms with Gasteiger partial charge >= 0.3 is 11.9 Å². The minimum atomic E-state index is -0.516. The second-order valence-electron chi connectivity index (χ2n) is 5.92. The SMILES string of the molecule is CCc1ccc(C(=O)OCC(C)OC(=O)c2ccc(CC)cc2)cc1. The van der Waals surface area contributed by atoms with Crippen LogP contribution in [0.2, 0.25) is 0 Å². The Bertz CT molecular complexity index is 702. The van der Waals surface area contributed by atoms with Gasteiger partial charge in [-0.3, -0.25) is 0 Å². The summed E-state index contributed by atoms with van der Waals surface area (Å²) in [6.07, 6.45) is 1.32. The summed E-state index contributed by atoms with van der Waals surface area (Å²) in [5.74, 6) is -0.837. The van der Waals surface area contributed by atoms with Gasteiger partial charge in [0.25, 0.3) is 0 Å². The van der Waals surface area contributed by atoms with Crippen LogP contribution in [-0.4, -0.2) is 24.6 Å². The number of esters is 2. The predicted octanol–water partition coefficient (Wildman–Crippen LogP) is 4.21. The van der Waals surface area contributed by atoms with Crippen molar-refractivity contribution < 1.29 is 19.1 Å². The molecule has 2 rings (SSSR count). The second kappa shape index (κ2) is 9.02. The van der Waals surface area contributed by atoms with E-state index in [2.05, 4.69) is 13.8 Å². The van der Waals surface area contributed by atoms with Gasteiger partial charge in [-0.2, -0.15) is 0 Å². The summed E-state index contributed by atoms with van der Waals surface area (Å²) in [6.45, 7) is 5.83. The van der Waals surface area contributed by atoms with Crippen LogP contribution >= 0.6 is 0 Å². The number of benzene rings is 2. The molecule has 1 unspecified atom stereocenters. The molecule has 4 nitrogen and oxygen atoms in total. The van der Waals surface area contributed by atoms with Crippen LogP contribution in [0.15, 0.2) is 48.5 Å². The van der Waals surface area contributed by atoms with Crippen molar-refractivity contribution >= 4 is 11.9 Å². The van der Waals surface area contributed by atoms with Crippen LogP contribution in [0.3, 0.4) is 0 Å². The predicted molar refractivity (Wildman–Crippen MR) is 96.8 cm³/mol. The van der Waals surface area contributed by atoms with E-state index in [0.717, 1.165) is 24.0 Å². The number of carbonyl (C=O) groups excluding carboxylic acids is 2. The monoisotopic (exact) mass is 340 g/mol. The Morgan fingerprint density at radius 3 is 1.68 bits per heavy atom. The van der Waals surface area contributed by atoms with E-state index in [0.29, 0.717) is 11.1 Å². The van der Waals surface area contributed by atoms with Crippen molar-refractivity contribution in [1.29, 1.82) is 0 Å². The van der Waals surface area contributed by atoms with E-state index in [1.54, 1.807) is 31.2 Å². The number of ether oxygens (including phenoxy) is 2. The molecule has 2 aromatic rings. The van der Waals surface area contributed by atoms with Crippen molar-refractivity contribution in [3.8, 4) is 0 Å². The maximum atomic E-state index is 12.1. The van der Waals surface area contributed by atoms with Gasteiger partial charge in [-0.15, -0.1) is 0 Å². The van der Waals surface area contributed by atoms with Crippen molar-refractivity contribution in [2.24, 2.45) is 0 Å². The standard InChI is InChI=1S/C21H24O4/c1-4-16-6-10-18(11-7-16)20(22)24-14-15(3)25-21(23)19-12-8-17(5-2)9-13-19/h6-13,15H,4-5,14H2,1-3H3. The number of hydrogen-bond acceptors (Lipinski definition) is 4. The highest BCUT2D eigenvalue weighted by Crippen LogP contribution is 2.10. The van der Waals surface area contributed by atoms with E-state index in [-0.39, 0.29) is 6.61 Å². The molecule has 0 radical (unpaired) electrons. The quantitative estimate of drug-likeness (QED) is 0.708. The van der Waals surface area contributed by atoms with Crippen LogP contribution in [0.4, 0.5) is 0 Å². The molecule has 2 aromatic carbocycles. The van der Waals surface area contributed by atoms with Gasteiger partial charge < -0.3 is 9.47 Å². The lowest BCUT2D eigenvalue weighted by Crippen LogP contribution is -2.22. The fourth-order valence-corrected chi connectivity index (χ4v) is 2.31. The molecule has 0 amide bonds. The van der Waals surface area contributed by atoms with Gasteiger partial charge in [0.1, 0.15) is 12.7 Å². The molecule has 25 heavy (non-hydrogen) atoms. The average molecular weight is 340 g/mol. The molecule has 0 aromatic heterocycles. The highest BCUT2D eigenvalue weighted by molar-refractivity contribution is 5.90. The van der Waals surface area contributed by atoms with Crippen molar-refractivity contribution in [2.45, 2.75) is 39.7 Å². The molecule has 0 fully saturated rings. The summed E-state index contributed by atoms with van der Waals surface area (Å²) in [4.78, 5) is 24.1. The van der Waals surface area contributed by atoms with Gasteiger partial charge in [-0.1, -0.05) is 38.1 Å². The molecule has 0 saturated carbocycles. The Labute approximate surface area is 148 Å². The summed E-state index contributed by atoms with van der Waals surface area (Å²) in [5, 5.41) is 0. The molecule has 0 saturated heterocycles. The van der Waals surface area contributed by atoms with Crippen molar-refractivity contribution in [2.75, 3.05) is 6.61 Å². The number of aryl methyl sites for hydroxylation is 2. The molecule has 132 valence electrons. The average Bonchev–Trinajstić information content (AvgIpc) is 2.66. The van der Waals surface area contributed by atoms with E-state index < -0.39 is 18.0 Å². The molecule has 0 heterocycles. The Balaban J connectivity index is 1.83. The van der Waals surface area contributed by atoms with Gasteiger partial charge in [-0.05, 0) is 55.2 Å². The molecular formula is C21H24O4.